The van der Waals surface area contributed by atoms with Crippen molar-refractivity contribution in [3.8, 4) is 0 Å². The topological polar surface area (TPSA) is 70.1 Å². The Morgan fingerprint density at radius 3 is 2.64 bits per heavy atom. The fourth-order valence-corrected chi connectivity index (χ4v) is 4.65. The Morgan fingerprint density at radius 1 is 1.11 bits per heavy atom. The van der Waals surface area contributed by atoms with Gasteiger partial charge in [-0.2, -0.15) is 5.10 Å². The van der Waals surface area contributed by atoms with Crippen LogP contribution in [-0.4, -0.2) is 43.9 Å². The van der Waals surface area contributed by atoms with Crippen LogP contribution in [0, 0.1) is 5.82 Å². The van der Waals surface area contributed by atoms with Crippen molar-refractivity contribution < 1.29 is 13.9 Å². The summed E-state index contributed by atoms with van der Waals surface area (Å²) in [6.07, 6.45) is 3.43. The third kappa shape index (κ3) is 4.85. The largest absolute Gasteiger partial charge is 0.378 e. The first-order valence-electron chi connectivity index (χ1n) is 12.0. The number of allylic oxidation sites excluding steroid dienone is 1. The summed E-state index contributed by atoms with van der Waals surface area (Å²) in [4.78, 5) is 19.7. The zero-order valence-electron chi connectivity index (χ0n) is 20.2. The lowest BCUT2D eigenvalue weighted by Gasteiger charge is -2.29. The lowest BCUT2D eigenvalue weighted by atomic mass is 9.89. The highest BCUT2D eigenvalue weighted by molar-refractivity contribution is 6.05. The summed E-state index contributed by atoms with van der Waals surface area (Å²) in [6.45, 7) is 8.62. The Balaban J connectivity index is 1.42. The number of morpholine rings is 1. The number of anilines is 3. The second-order valence-electron chi connectivity index (χ2n) is 8.89. The predicted molar refractivity (Wildman–Crippen MR) is 141 cm³/mol. The summed E-state index contributed by atoms with van der Waals surface area (Å²) < 4.78 is 18.9. The first-order chi connectivity index (χ1) is 17.5. The van der Waals surface area contributed by atoms with Crippen molar-refractivity contribution in [1.29, 1.82) is 0 Å². The molecule has 1 amide bonds. The maximum Gasteiger partial charge on any atom is 0.255 e. The van der Waals surface area contributed by atoms with E-state index in [1.165, 1.54) is 12.1 Å². The van der Waals surface area contributed by atoms with E-state index >= 15 is 0 Å². The molecule has 3 aromatic rings. The smallest absolute Gasteiger partial charge is 0.255 e. The molecule has 2 aromatic carbocycles. The number of aromatic nitrogens is 1. The zero-order chi connectivity index (χ0) is 25.1. The van der Waals surface area contributed by atoms with Crippen molar-refractivity contribution in [2.45, 2.75) is 19.8 Å². The van der Waals surface area contributed by atoms with E-state index < -0.39 is 0 Å². The van der Waals surface area contributed by atoms with E-state index in [-0.39, 0.29) is 11.7 Å². The van der Waals surface area contributed by atoms with Crippen LogP contribution in [0.5, 0.6) is 0 Å². The summed E-state index contributed by atoms with van der Waals surface area (Å²) in [5.41, 5.74) is 6.10. The van der Waals surface area contributed by atoms with Crippen molar-refractivity contribution in [3.05, 3.63) is 88.9 Å². The van der Waals surface area contributed by atoms with Gasteiger partial charge in [0, 0.05) is 42.8 Å². The molecule has 2 aliphatic rings. The standard InChI is InChI=1S/C28H28FN5O2/c1-19-3-4-20-5-8-23(18-25(20)27(19)34(30-2)24-9-6-22(29)7-10-24)32-28(35)21-11-12-31-26(17-21)33-13-15-36-16-14-33/h5-12,17-18H,2-4,13-16H2,1H3,(H,32,35). The molecule has 1 saturated heterocycles. The van der Waals surface area contributed by atoms with Crippen LogP contribution in [0.15, 0.2) is 71.5 Å². The van der Waals surface area contributed by atoms with Gasteiger partial charge in [0.15, 0.2) is 0 Å². The SMILES string of the molecule is C=NN(C1=C(C)CCc2ccc(NC(=O)c3ccnc(N4CCOCC4)c3)cc21)c1ccc(F)cc1. The highest BCUT2D eigenvalue weighted by Gasteiger charge is 2.24. The van der Waals surface area contributed by atoms with E-state index in [4.69, 9.17) is 4.74 Å². The molecule has 1 aliphatic heterocycles. The number of hydrogen-bond acceptors (Lipinski definition) is 6. The number of ether oxygens (including phenoxy) is 1. The Kier molecular flexibility index (Phi) is 6.77. The van der Waals surface area contributed by atoms with Crippen molar-refractivity contribution in [3.63, 3.8) is 0 Å². The molecule has 0 saturated carbocycles. The summed E-state index contributed by atoms with van der Waals surface area (Å²) in [5.74, 6) is 0.252. The molecule has 1 aliphatic carbocycles. The second-order valence-corrected chi connectivity index (χ2v) is 8.89. The van der Waals surface area contributed by atoms with Crippen LogP contribution in [-0.2, 0) is 11.2 Å². The average Bonchev–Trinajstić information content (AvgIpc) is 2.92. The van der Waals surface area contributed by atoms with Gasteiger partial charge in [0.2, 0.25) is 0 Å². The molecular formula is C28H28FN5O2. The quantitative estimate of drug-likeness (QED) is 0.388. The number of fused-ring (bicyclic) bond motifs is 1. The molecule has 0 atom stereocenters. The van der Waals surface area contributed by atoms with Crippen LogP contribution in [0.25, 0.3) is 5.70 Å². The van der Waals surface area contributed by atoms with Crippen LogP contribution >= 0.6 is 0 Å². The molecule has 8 heteroatoms. The number of hydrazone groups is 1. The number of halogens is 1. The summed E-state index contributed by atoms with van der Waals surface area (Å²) in [5, 5.41) is 9.01. The number of aryl methyl sites for hydroxylation is 1. The van der Waals surface area contributed by atoms with Gasteiger partial charge in [-0.15, -0.1) is 0 Å². The number of nitrogens with one attached hydrogen (secondary N) is 1. The van der Waals surface area contributed by atoms with Crippen LogP contribution in [0.1, 0.15) is 34.8 Å². The van der Waals surface area contributed by atoms with Crippen molar-refractivity contribution in [2.24, 2.45) is 5.10 Å². The zero-order valence-corrected chi connectivity index (χ0v) is 20.2. The van der Waals surface area contributed by atoms with Crippen molar-refractivity contribution in [2.75, 3.05) is 41.5 Å². The molecule has 2 heterocycles. The lowest BCUT2D eigenvalue weighted by Crippen LogP contribution is -2.36. The maximum atomic E-state index is 13.5. The number of rotatable bonds is 6. The molecule has 36 heavy (non-hydrogen) atoms. The van der Waals surface area contributed by atoms with Crippen LogP contribution in [0.3, 0.4) is 0 Å². The molecule has 7 nitrogen and oxygen atoms in total. The molecule has 1 fully saturated rings. The third-order valence-corrected chi connectivity index (χ3v) is 6.56. The fraction of sp³-hybridized carbons (Fsp3) is 0.250. The highest BCUT2D eigenvalue weighted by Crippen LogP contribution is 2.38. The van der Waals surface area contributed by atoms with Crippen LogP contribution in [0.4, 0.5) is 21.6 Å². The number of carbonyl (C=O) groups is 1. The van der Waals surface area contributed by atoms with E-state index in [1.807, 2.05) is 24.3 Å². The minimum Gasteiger partial charge on any atom is -0.378 e. The predicted octanol–water partition coefficient (Wildman–Crippen LogP) is 5.11. The van der Waals surface area contributed by atoms with E-state index in [1.54, 1.807) is 29.4 Å². The Bertz CT molecular complexity index is 1320. The minimum atomic E-state index is -0.310. The van der Waals surface area contributed by atoms with Crippen molar-refractivity contribution in [1.82, 2.24) is 4.98 Å². The van der Waals surface area contributed by atoms with E-state index in [0.29, 0.717) is 24.5 Å². The van der Waals surface area contributed by atoms with Gasteiger partial charge < -0.3 is 15.0 Å². The molecule has 0 radical (unpaired) electrons. The normalized spacial score (nSPS) is 15.3. The van der Waals surface area contributed by atoms with Gasteiger partial charge in [0.05, 0.1) is 24.6 Å². The van der Waals surface area contributed by atoms with E-state index in [9.17, 15) is 9.18 Å². The Labute approximate surface area is 209 Å². The minimum absolute atomic E-state index is 0.206. The number of carbonyl (C=O) groups excluding carboxylic acids is 1. The first-order valence-corrected chi connectivity index (χ1v) is 12.0. The molecule has 1 N–H and O–H groups in total. The summed E-state index contributed by atoms with van der Waals surface area (Å²) >= 11 is 0. The number of hydrogen-bond donors (Lipinski definition) is 1. The fourth-order valence-electron chi connectivity index (χ4n) is 4.65. The van der Waals surface area contributed by atoms with Crippen LogP contribution < -0.4 is 15.2 Å². The van der Waals surface area contributed by atoms with Gasteiger partial charge in [-0.05, 0) is 79.4 Å². The molecule has 5 rings (SSSR count). The molecule has 0 unspecified atom stereocenters. The lowest BCUT2D eigenvalue weighted by molar-refractivity contribution is 0.102. The summed E-state index contributed by atoms with van der Waals surface area (Å²) in [7, 11) is 0. The van der Waals surface area contributed by atoms with Gasteiger partial charge in [-0.3, -0.25) is 4.79 Å². The van der Waals surface area contributed by atoms with Crippen LogP contribution in [0.2, 0.25) is 0 Å². The molecule has 1 aromatic heterocycles. The average molecular weight is 486 g/mol. The number of nitrogens with zero attached hydrogens (tertiary/aromatic N) is 4. The molecule has 184 valence electrons. The van der Waals surface area contributed by atoms with E-state index in [0.717, 1.165) is 59.8 Å². The monoisotopic (exact) mass is 485 g/mol. The molecule has 0 spiro atoms. The third-order valence-electron chi connectivity index (χ3n) is 6.56. The Morgan fingerprint density at radius 2 is 1.89 bits per heavy atom. The van der Waals surface area contributed by atoms with E-state index in [2.05, 4.69) is 33.9 Å². The molecular weight excluding hydrogens is 457 g/mol. The van der Waals surface area contributed by atoms with Gasteiger partial charge >= 0.3 is 0 Å². The van der Waals surface area contributed by atoms with Gasteiger partial charge in [0.25, 0.3) is 5.91 Å². The summed E-state index contributed by atoms with van der Waals surface area (Å²) in [6, 6.07) is 15.6. The number of benzene rings is 2. The number of pyridine rings is 1. The second kappa shape index (κ2) is 10.3. The Hall–Kier alpha value is -4.04. The van der Waals surface area contributed by atoms with Crippen molar-refractivity contribution >= 4 is 35.5 Å². The highest BCUT2D eigenvalue weighted by atomic mass is 19.1. The van der Waals surface area contributed by atoms with Gasteiger partial charge in [-0.25, -0.2) is 14.4 Å². The molecule has 0 bridgehead atoms. The maximum absolute atomic E-state index is 13.5. The van der Waals surface area contributed by atoms with Gasteiger partial charge in [-0.1, -0.05) is 6.07 Å². The first kappa shape index (κ1) is 23.7. The number of amides is 1. The van der Waals surface area contributed by atoms with Gasteiger partial charge in [0.1, 0.15) is 11.6 Å².